The Balaban J connectivity index is 1.79. The molecule has 6 heteroatoms. The molecular formula is C26H43NO4S. The molecule has 0 aromatic heterocycles. The van der Waals surface area contributed by atoms with Crippen LogP contribution in [0.25, 0.3) is 0 Å². The first-order valence-electron chi connectivity index (χ1n) is 12.4. The van der Waals surface area contributed by atoms with Gasteiger partial charge in [-0.05, 0) is 37.1 Å². The lowest BCUT2D eigenvalue weighted by Gasteiger charge is -2.13. The third-order valence-electron chi connectivity index (χ3n) is 5.61. The van der Waals surface area contributed by atoms with Crippen LogP contribution in [0, 0.1) is 0 Å². The Kier molecular flexibility index (Phi) is 17.7. The smallest absolute Gasteiger partial charge is 0.326 e. The van der Waals surface area contributed by atoms with Crippen LogP contribution in [0.15, 0.2) is 30.3 Å². The summed E-state index contributed by atoms with van der Waals surface area (Å²) in [4.78, 5) is 22.8. The third-order valence-corrected chi connectivity index (χ3v) is 5.87. The van der Waals surface area contributed by atoms with Crippen molar-refractivity contribution in [2.45, 2.75) is 102 Å². The van der Waals surface area contributed by atoms with Crippen LogP contribution in [-0.4, -0.2) is 35.4 Å². The van der Waals surface area contributed by atoms with E-state index in [4.69, 9.17) is 9.84 Å². The zero-order valence-electron chi connectivity index (χ0n) is 19.6. The Hall–Kier alpha value is -1.69. The van der Waals surface area contributed by atoms with Crippen LogP contribution < -0.4 is 10.1 Å². The molecule has 0 radical (unpaired) electrons. The van der Waals surface area contributed by atoms with Crippen molar-refractivity contribution in [2.75, 3.05) is 12.4 Å². The normalized spacial score (nSPS) is 11.8. The molecule has 1 amide bonds. The molecule has 0 saturated carbocycles. The molecule has 5 nitrogen and oxygen atoms in total. The Morgan fingerprint density at radius 2 is 1.31 bits per heavy atom. The van der Waals surface area contributed by atoms with Gasteiger partial charge in [0, 0.05) is 6.42 Å². The van der Waals surface area contributed by atoms with E-state index in [1.807, 2.05) is 30.3 Å². The summed E-state index contributed by atoms with van der Waals surface area (Å²) < 4.78 is 5.71. The van der Waals surface area contributed by atoms with Crippen molar-refractivity contribution >= 4 is 24.5 Å². The van der Waals surface area contributed by atoms with Gasteiger partial charge in [0.25, 0.3) is 0 Å². The predicted octanol–water partition coefficient (Wildman–Crippen LogP) is 6.42. The van der Waals surface area contributed by atoms with Gasteiger partial charge in [-0.15, -0.1) is 0 Å². The van der Waals surface area contributed by atoms with Crippen LogP contribution in [0.3, 0.4) is 0 Å². The molecule has 1 rings (SSSR count). The van der Waals surface area contributed by atoms with Crippen LogP contribution in [0.1, 0.15) is 96.3 Å². The number of rotatable bonds is 21. The lowest BCUT2D eigenvalue weighted by Crippen LogP contribution is -2.40. The summed E-state index contributed by atoms with van der Waals surface area (Å²) in [6.45, 7) is 0.813. The van der Waals surface area contributed by atoms with E-state index < -0.39 is 12.0 Å². The van der Waals surface area contributed by atoms with Gasteiger partial charge in [-0.3, -0.25) is 4.79 Å². The second kappa shape index (κ2) is 20.0. The van der Waals surface area contributed by atoms with Crippen molar-refractivity contribution in [1.82, 2.24) is 5.32 Å². The predicted molar refractivity (Wildman–Crippen MR) is 135 cm³/mol. The van der Waals surface area contributed by atoms with E-state index >= 15 is 0 Å². The van der Waals surface area contributed by atoms with Gasteiger partial charge in [0.15, 0.2) is 0 Å². The molecule has 0 aliphatic heterocycles. The standard InChI is InChI=1S/C26H43NO4S/c28-25(27-24(20-22-32)26(29)30)19-15-10-8-6-4-2-1-3-5-7-9-11-16-21-31-23-17-13-12-14-18-23/h12-14,17-18,24,32H,1-11,15-16,19-22H2,(H,27,28)(H,29,30). The fraction of sp³-hybridized carbons (Fsp3) is 0.692. The largest absolute Gasteiger partial charge is 0.494 e. The highest BCUT2D eigenvalue weighted by Crippen LogP contribution is 2.14. The SMILES string of the molecule is O=C(CCCCCCCCCCCCCCCOc1ccccc1)NC(CCS)C(=O)O. The number of thiol groups is 1. The van der Waals surface area contributed by atoms with E-state index in [9.17, 15) is 9.59 Å². The number of nitrogens with one attached hydrogen (secondary N) is 1. The van der Waals surface area contributed by atoms with Gasteiger partial charge in [0.2, 0.25) is 5.91 Å². The lowest BCUT2D eigenvalue weighted by atomic mass is 10.0. The Morgan fingerprint density at radius 3 is 1.81 bits per heavy atom. The van der Waals surface area contributed by atoms with Crippen molar-refractivity contribution in [2.24, 2.45) is 0 Å². The Bertz CT molecular complexity index is 597. The summed E-state index contributed by atoms with van der Waals surface area (Å²) in [6.07, 6.45) is 16.6. The number of carboxylic acids is 1. The minimum Gasteiger partial charge on any atom is -0.494 e. The van der Waals surface area contributed by atoms with Crippen molar-refractivity contribution in [3.8, 4) is 5.75 Å². The Morgan fingerprint density at radius 1 is 0.812 bits per heavy atom. The summed E-state index contributed by atoms with van der Waals surface area (Å²) in [7, 11) is 0. The van der Waals surface area contributed by atoms with Gasteiger partial charge in [0.05, 0.1) is 6.61 Å². The number of benzene rings is 1. The quantitative estimate of drug-likeness (QED) is 0.145. The van der Waals surface area contributed by atoms with E-state index in [0.29, 0.717) is 18.6 Å². The highest BCUT2D eigenvalue weighted by atomic mass is 32.1. The molecular weight excluding hydrogens is 422 g/mol. The third kappa shape index (κ3) is 16.0. The van der Waals surface area contributed by atoms with E-state index in [1.165, 1.54) is 57.8 Å². The number of hydrogen-bond acceptors (Lipinski definition) is 4. The van der Waals surface area contributed by atoms with Crippen molar-refractivity contribution < 1.29 is 19.4 Å². The molecule has 1 unspecified atom stereocenters. The van der Waals surface area contributed by atoms with Crippen LogP contribution >= 0.6 is 12.6 Å². The van der Waals surface area contributed by atoms with Crippen LogP contribution in [0.4, 0.5) is 0 Å². The van der Waals surface area contributed by atoms with Gasteiger partial charge < -0.3 is 15.2 Å². The van der Waals surface area contributed by atoms with Gasteiger partial charge in [-0.25, -0.2) is 4.79 Å². The maximum Gasteiger partial charge on any atom is 0.326 e. The number of hydrogen-bond donors (Lipinski definition) is 3. The van der Waals surface area contributed by atoms with Crippen molar-refractivity contribution in [3.05, 3.63) is 30.3 Å². The van der Waals surface area contributed by atoms with E-state index in [0.717, 1.165) is 38.0 Å². The maximum absolute atomic E-state index is 11.8. The maximum atomic E-state index is 11.8. The molecule has 2 N–H and O–H groups in total. The number of amides is 1. The number of carboxylic acid groups (broad SMARTS) is 1. The summed E-state index contributed by atoms with van der Waals surface area (Å²) >= 11 is 4.03. The summed E-state index contributed by atoms with van der Waals surface area (Å²) in [6, 6.07) is 9.21. The number of unbranched alkanes of at least 4 members (excludes halogenated alkanes) is 12. The fourth-order valence-electron chi connectivity index (χ4n) is 3.69. The first-order chi connectivity index (χ1) is 15.6. The second-order valence-electron chi connectivity index (χ2n) is 8.48. The van der Waals surface area contributed by atoms with Gasteiger partial charge >= 0.3 is 5.97 Å². The molecule has 32 heavy (non-hydrogen) atoms. The molecule has 0 saturated heterocycles. The van der Waals surface area contributed by atoms with Crippen LogP contribution in [0.2, 0.25) is 0 Å². The zero-order valence-corrected chi connectivity index (χ0v) is 20.5. The summed E-state index contributed by atoms with van der Waals surface area (Å²) in [5, 5.41) is 11.6. The monoisotopic (exact) mass is 465 g/mol. The molecule has 1 aromatic rings. The molecule has 1 atom stereocenters. The summed E-state index contributed by atoms with van der Waals surface area (Å²) in [5.41, 5.74) is 0. The average molecular weight is 466 g/mol. The van der Waals surface area contributed by atoms with Crippen LogP contribution in [0.5, 0.6) is 5.75 Å². The average Bonchev–Trinajstić information content (AvgIpc) is 2.79. The number of ether oxygens (including phenoxy) is 1. The van der Waals surface area contributed by atoms with Crippen molar-refractivity contribution in [1.29, 1.82) is 0 Å². The van der Waals surface area contributed by atoms with Crippen LogP contribution in [-0.2, 0) is 9.59 Å². The molecule has 0 aliphatic carbocycles. The highest BCUT2D eigenvalue weighted by Gasteiger charge is 2.18. The molecule has 1 aromatic carbocycles. The number of aliphatic carboxylic acids is 1. The molecule has 0 bridgehead atoms. The zero-order chi connectivity index (χ0) is 23.3. The number of carbonyl (C=O) groups excluding carboxylic acids is 1. The molecule has 0 fully saturated rings. The van der Waals surface area contributed by atoms with Gasteiger partial charge in [0.1, 0.15) is 11.8 Å². The topological polar surface area (TPSA) is 75.6 Å². The molecule has 0 heterocycles. The molecule has 182 valence electrons. The summed E-state index contributed by atoms with van der Waals surface area (Å²) in [5.74, 6) is 0.262. The van der Waals surface area contributed by atoms with Gasteiger partial charge in [-0.1, -0.05) is 88.8 Å². The first-order valence-corrected chi connectivity index (χ1v) is 13.1. The first kappa shape index (κ1) is 28.3. The van der Waals surface area contributed by atoms with E-state index in [2.05, 4.69) is 17.9 Å². The van der Waals surface area contributed by atoms with E-state index in [-0.39, 0.29) is 5.91 Å². The molecule has 0 aliphatic rings. The number of carbonyl (C=O) groups is 2. The highest BCUT2D eigenvalue weighted by molar-refractivity contribution is 7.80. The van der Waals surface area contributed by atoms with Crippen molar-refractivity contribution in [3.63, 3.8) is 0 Å². The minimum atomic E-state index is -0.985. The second-order valence-corrected chi connectivity index (χ2v) is 8.93. The van der Waals surface area contributed by atoms with Gasteiger partial charge in [-0.2, -0.15) is 12.6 Å². The fourth-order valence-corrected chi connectivity index (χ4v) is 3.95. The Labute approximate surface area is 200 Å². The number of para-hydroxylation sites is 1. The minimum absolute atomic E-state index is 0.164. The van der Waals surface area contributed by atoms with E-state index in [1.54, 1.807) is 0 Å². The molecule has 0 spiro atoms. The lowest BCUT2D eigenvalue weighted by molar-refractivity contribution is -0.141.